The summed E-state index contributed by atoms with van der Waals surface area (Å²) in [6.45, 7) is 2.13. The van der Waals surface area contributed by atoms with Gasteiger partial charge >= 0.3 is 5.97 Å². The number of aromatic amines is 1. The number of Topliss-reactive ketones (excluding diaryl/α,β-unsaturated/α-hetero) is 1. The van der Waals surface area contributed by atoms with Gasteiger partial charge in [0, 0.05) is 49.1 Å². The SMILES string of the molecule is CCCC(c1ccc(C(=O)OC)cc1OC)c1c[nH]c2ccc(CCC(=O)C(=O)N(C)C)cc12. The maximum atomic E-state index is 12.1. The van der Waals surface area contributed by atoms with Gasteiger partial charge in [0.05, 0.1) is 19.8 Å². The zero-order valence-electron chi connectivity index (χ0n) is 20.4. The van der Waals surface area contributed by atoms with E-state index < -0.39 is 17.7 Å². The maximum Gasteiger partial charge on any atom is 0.337 e. The molecule has 0 spiro atoms. The van der Waals surface area contributed by atoms with Crippen molar-refractivity contribution in [2.75, 3.05) is 28.3 Å². The van der Waals surface area contributed by atoms with Crippen LogP contribution in [0.2, 0.25) is 0 Å². The molecule has 180 valence electrons. The molecule has 1 aromatic heterocycles. The van der Waals surface area contributed by atoms with Crippen molar-refractivity contribution in [3.8, 4) is 5.75 Å². The Labute approximate surface area is 200 Å². The number of aromatic nitrogens is 1. The molecule has 0 bridgehead atoms. The molecule has 1 atom stereocenters. The molecule has 0 aliphatic rings. The number of carbonyl (C=O) groups is 3. The quantitative estimate of drug-likeness (QED) is 0.353. The highest BCUT2D eigenvalue weighted by atomic mass is 16.5. The third kappa shape index (κ3) is 5.30. The molecule has 3 rings (SSSR count). The Morgan fingerprint density at radius 1 is 1.03 bits per heavy atom. The number of amides is 1. The molecule has 1 heterocycles. The summed E-state index contributed by atoms with van der Waals surface area (Å²) < 4.78 is 10.5. The minimum Gasteiger partial charge on any atom is -0.496 e. The summed E-state index contributed by atoms with van der Waals surface area (Å²) in [7, 11) is 6.12. The molecule has 0 saturated heterocycles. The molecule has 1 N–H and O–H groups in total. The Hall–Kier alpha value is -3.61. The molecule has 7 nitrogen and oxygen atoms in total. The molecule has 7 heteroatoms. The highest BCUT2D eigenvalue weighted by molar-refractivity contribution is 6.35. The fourth-order valence-corrected chi connectivity index (χ4v) is 4.26. The van der Waals surface area contributed by atoms with Crippen LogP contribution in [0.1, 0.15) is 59.2 Å². The van der Waals surface area contributed by atoms with Crippen LogP contribution in [-0.2, 0) is 20.7 Å². The molecule has 0 radical (unpaired) electrons. The second kappa shape index (κ2) is 11.0. The Bertz CT molecular complexity index is 1190. The molecule has 3 aromatic rings. The van der Waals surface area contributed by atoms with Crippen LogP contribution in [0.5, 0.6) is 5.75 Å². The topological polar surface area (TPSA) is 88.7 Å². The van der Waals surface area contributed by atoms with Crippen molar-refractivity contribution in [3.63, 3.8) is 0 Å². The Balaban J connectivity index is 1.97. The number of nitrogens with one attached hydrogen (secondary N) is 1. The Morgan fingerprint density at radius 2 is 1.79 bits per heavy atom. The van der Waals surface area contributed by atoms with E-state index in [1.807, 2.05) is 24.4 Å². The number of ether oxygens (including phenoxy) is 2. The van der Waals surface area contributed by atoms with Gasteiger partial charge in [-0.1, -0.05) is 25.5 Å². The van der Waals surface area contributed by atoms with Crippen LogP contribution in [0.15, 0.2) is 42.6 Å². The van der Waals surface area contributed by atoms with Crippen molar-refractivity contribution >= 4 is 28.6 Å². The smallest absolute Gasteiger partial charge is 0.337 e. The lowest BCUT2D eigenvalue weighted by Gasteiger charge is -2.20. The number of hydrogen-bond donors (Lipinski definition) is 1. The normalized spacial score (nSPS) is 11.8. The van der Waals surface area contributed by atoms with Crippen molar-refractivity contribution in [2.45, 2.75) is 38.5 Å². The van der Waals surface area contributed by atoms with Crippen LogP contribution >= 0.6 is 0 Å². The minimum absolute atomic E-state index is 0.0487. The zero-order valence-corrected chi connectivity index (χ0v) is 20.4. The third-order valence-corrected chi connectivity index (χ3v) is 6.05. The predicted molar refractivity (Wildman–Crippen MR) is 131 cm³/mol. The molecule has 2 aromatic carbocycles. The number of aryl methyl sites for hydroxylation is 1. The van der Waals surface area contributed by atoms with Gasteiger partial charge in [-0.3, -0.25) is 9.59 Å². The predicted octanol–water partition coefficient (Wildman–Crippen LogP) is 4.49. The number of H-pyrrole nitrogens is 1. The number of methoxy groups -OCH3 is 2. The maximum absolute atomic E-state index is 12.1. The number of benzene rings is 2. The van der Waals surface area contributed by atoms with Crippen LogP contribution in [0.4, 0.5) is 0 Å². The summed E-state index contributed by atoms with van der Waals surface area (Å²) in [5.74, 6) is -0.587. The van der Waals surface area contributed by atoms with E-state index in [1.165, 1.54) is 12.0 Å². The molecule has 34 heavy (non-hydrogen) atoms. The van der Waals surface area contributed by atoms with Crippen molar-refractivity contribution in [3.05, 3.63) is 64.8 Å². The fraction of sp³-hybridized carbons (Fsp3) is 0.370. The van der Waals surface area contributed by atoms with E-state index in [2.05, 4.69) is 18.0 Å². The van der Waals surface area contributed by atoms with Gasteiger partial charge < -0.3 is 19.4 Å². The Morgan fingerprint density at radius 3 is 2.44 bits per heavy atom. The van der Waals surface area contributed by atoms with Crippen molar-refractivity contribution in [1.82, 2.24) is 9.88 Å². The average molecular weight is 465 g/mol. The summed E-state index contributed by atoms with van der Waals surface area (Å²) in [6, 6.07) is 11.5. The Kier molecular flexibility index (Phi) is 8.10. The van der Waals surface area contributed by atoms with Crippen LogP contribution in [0.3, 0.4) is 0 Å². The van der Waals surface area contributed by atoms with E-state index in [9.17, 15) is 14.4 Å². The third-order valence-electron chi connectivity index (χ3n) is 6.05. The van der Waals surface area contributed by atoms with Gasteiger partial charge in [0.2, 0.25) is 5.78 Å². The van der Waals surface area contributed by atoms with Crippen LogP contribution in [0.25, 0.3) is 10.9 Å². The largest absolute Gasteiger partial charge is 0.496 e. The lowest BCUT2D eigenvalue weighted by atomic mass is 9.86. The van der Waals surface area contributed by atoms with E-state index in [1.54, 1.807) is 33.3 Å². The summed E-state index contributed by atoms with van der Waals surface area (Å²) in [4.78, 5) is 40.7. The van der Waals surface area contributed by atoms with E-state index in [-0.39, 0.29) is 12.3 Å². The number of likely N-dealkylation sites (N-methyl/N-ethyl adjacent to an activating group) is 1. The van der Waals surface area contributed by atoms with E-state index in [4.69, 9.17) is 9.47 Å². The number of ketones is 1. The summed E-state index contributed by atoms with van der Waals surface area (Å²) in [5, 5.41) is 1.07. The second-order valence-corrected chi connectivity index (χ2v) is 8.54. The van der Waals surface area contributed by atoms with Crippen molar-refractivity contribution in [1.29, 1.82) is 0 Å². The number of hydrogen-bond acceptors (Lipinski definition) is 5. The van der Waals surface area contributed by atoms with Gasteiger partial charge in [-0.15, -0.1) is 0 Å². The number of carbonyl (C=O) groups excluding carboxylic acids is 3. The van der Waals surface area contributed by atoms with Crippen LogP contribution in [-0.4, -0.2) is 55.9 Å². The van der Waals surface area contributed by atoms with E-state index >= 15 is 0 Å². The molecular weight excluding hydrogens is 432 g/mol. The number of esters is 1. The monoisotopic (exact) mass is 464 g/mol. The second-order valence-electron chi connectivity index (χ2n) is 8.54. The van der Waals surface area contributed by atoms with Crippen molar-refractivity contribution < 1.29 is 23.9 Å². The molecule has 1 amide bonds. The highest BCUT2D eigenvalue weighted by Crippen LogP contribution is 2.39. The lowest BCUT2D eigenvalue weighted by Crippen LogP contribution is -2.29. The van der Waals surface area contributed by atoms with Gasteiger partial charge in [-0.2, -0.15) is 0 Å². The highest BCUT2D eigenvalue weighted by Gasteiger charge is 2.23. The molecule has 0 aliphatic heterocycles. The molecular formula is C27H32N2O5. The van der Waals surface area contributed by atoms with Crippen LogP contribution < -0.4 is 4.74 Å². The first-order chi connectivity index (χ1) is 16.3. The fourth-order valence-electron chi connectivity index (χ4n) is 4.26. The van der Waals surface area contributed by atoms with Gasteiger partial charge in [0.1, 0.15) is 5.75 Å². The molecule has 0 fully saturated rings. The van der Waals surface area contributed by atoms with Gasteiger partial charge in [0.15, 0.2) is 0 Å². The molecule has 1 unspecified atom stereocenters. The van der Waals surface area contributed by atoms with Crippen LogP contribution in [0, 0.1) is 0 Å². The first kappa shape index (κ1) is 25.0. The van der Waals surface area contributed by atoms with Gasteiger partial charge in [-0.25, -0.2) is 4.79 Å². The average Bonchev–Trinajstić information content (AvgIpc) is 3.27. The van der Waals surface area contributed by atoms with E-state index in [0.717, 1.165) is 40.4 Å². The standard InChI is InChI=1S/C27H32N2O5/c1-6-7-19(20-11-10-18(27(32)34-5)15-25(20)33-4)22-16-28-23-12-8-17(14-21(22)23)9-13-24(30)26(31)29(2)3/h8,10-12,14-16,19,28H,6-7,9,13H2,1-5H3. The first-order valence-electron chi connectivity index (χ1n) is 11.4. The minimum atomic E-state index is -0.478. The summed E-state index contributed by atoms with van der Waals surface area (Å²) in [5.41, 5.74) is 4.56. The summed E-state index contributed by atoms with van der Waals surface area (Å²) >= 11 is 0. The number of fused-ring (bicyclic) bond motifs is 1. The molecule has 0 saturated carbocycles. The summed E-state index contributed by atoms with van der Waals surface area (Å²) in [6.07, 6.45) is 4.53. The number of rotatable bonds is 10. The van der Waals surface area contributed by atoms with Crippen molar-refractivity contribution in [2.24, 2.45) is 0 Å². The lowest BCUT2D eigenvalue weighted by molar-refractivity contribution is -0.142. The first-order valence-corrected chi connectivity index (χ1v) is 11.4. The zero-order chi connectivity index (χ0) is 24.8. The van der Waals surface area contributed by atoms with E-state index in [0.29, 0.717) is 17.7 Å². The van der Waals surface area contributed by atoms with Gasteiger partial charge in [-0.05, 0) is 48.2 Å². The molecule has 0 aliphatic carbocycles. The van der Waals surface area contributed by atoms with Gasteiger partial charge in [0.25, 0.3) is 5.91 Å². The number of nitrogens with zero attached hydrogens (tertiary/aromatic N) is 1.